The van der Waals surface area contributed by atoms with Crippen LogP contribution in [0, 0.1) is 11.3 Å². The second-order valence-electron chi connectivity index (χ2n) is 6.00. The summed E-state index contributed by atoms with van der Waals surface area (Å²) in [5, 5.41) is 11.6. The number of urea groups is 1. The molecule has 2 fully saturated rings. The molecule has 8 heteroatoms. The zero-order valence-electron chi connectivity index (χ0n) is 13.6. The summed E-state index contributed by atoms with van der Waals surface area (Å²) in [6.07, 6.45) is 0.755. The van der Waals surface area contributed by atoms with E-state index < -0.39 is 11.6 Å². The van der Waals surface area contributed by atoms with Gasteiger partial charge in [-0.25, -0.2) is 4.79 Å². The Balaban J connectivity index is 1.76. The van der Waals surface area contributed by atoms with Crippen molar-refractivity contribution in [2.45, 2.75) is 18.4 Å². The average molecular weight is 358 g/mol. The predicted molar refractivity (Wildman–Crippen MR) is 93.9 cm³/mol. The number of carbonyl (C=O) groups is 3. The molecule has 0 saturated carbocycles. The van der Waals surface area contributed by atoms with Gasteiger partial charge < -0.3 is 10.2 Å². The van der Waals surface area contributed by atoms with Gasteiger partial charge in [0.05, 0.1) is 12.5 Å². The first-order valence-corrected chi connectivity index (χ1v) is 9.17. The van der Waals surface area contributed by atoms with Gasteiger partial charge in [-0.1, -0.05) is 18.2 Å². The van der Waals surface area contributed by atoms with E-state index in [1.807, 2.05) is 12.1 Å². The molecule has 4 amide bonds. The van der Waals surface area contributed by atoms with Crippen LogP contribution in [-0.2, 0) is 9.59 Å². The first-order chi connectivity index (χ1) is 12.1. The van der Waals surface area contributed by atoms with Crippen LogP contribution < -0.4 is 10.2 Å². The summed E-state index contributed by atoms with van der Waals surface area (Å²) in [6, 6.07) is 10.4. The van der Waals surface area contributed by atoms with Crippen molar-refractivity contribution in [3.05, 3.63) is 30.3 Å². The molecule has 1 aromatic rings. The van der Waals surface area contributed by atoms with E-state index >= 15 is 0 Å². The van der Waals surface area contributed by atoms with Gasteiger partial charge in [0, 0.05) is 18.0 Å². The van der Waals surface area contributed by atoms with Crippen LogP contribution in [0.3, 0.4) is 0 Å². The van der Waals surface area contributed by atoms with E-state index in [0.717, 1.165) is 10.7 Å². The topological polar surface area (TPSA) is 93.5 Å². The Kier molecular flexibility index (Phi) is 4.95. The monoisotopic (exact) mass is 358 g/mol. The van der Waals surface area contributed by atoms with Gasteiger partial charge in [0.2, 0.25) is 5.91 Å². The lowest BCUT2D eigenvalue weighted by molar-refractivity contribution is -0.133. The molecule has 0 bridgehead atoms. The quantitative estimate of drug-likeness (QED) is 0.802. The highest BCUT2D eigenvalue weighted by Gasteiger charge is 2.53. The van der Waals surface area contributed by atoms with E-state index in [0.29, 0.717) is 17.9 Å². The largest absolute Gasteiger partial charge is 0.325 e. The van der Waals surface area contributed by atoms with E-state index in [1.165, 1.54) is 4.90 Å². The summed E-state index contributed by atoms with van der Waals surface area (Å²) in [5.41, 5.74) is -0.215. The van der Waals surface area contributed by atoms with Crippen LogP contribution in [0.15, 0.2) is 30.3 Å². The fourth-order valence-electron chi connectivity index (χ4n) is 3.04. The second-order valence-corrected chi connectivity index (χ2v) is 7.10. The Bertz CT molecular complexity index is 725. The number of amides is 4. The summed E-state index contributed by atoms with van der Waals surface area (Å²) < 4.78 is 0. The number of anilines is 1. The first-order valence-electron chi connectivity index (χ1n) is 8.02. The van der Waals surface area contributed by atoms with Crippen LogP contribution in [0.2, 0.25) is 0 Å². The van der Waals surface area contributed by atoms with E-state index in [1.54, 1.807) is 36.0 Å². The SMILES string of the molecule is N#CCCN(C(=O)CN1C(=O)NC2(CCSC2)C1=O)c1ccccc1. The van der Waals surface area contributed by atoms with Gasteiger partial charge in [0.25, 0.3) is 5.91 Å². The van der Waals surface area contributed by atoms with Crippen molar-refractivity contribution < 1.29 is 14.4 Å². The number of thioether (sulfide) groups is 1. The summed E-state index contributed by atoms with van der Waals surface area (Å²) in [5.74, 6) is 0.641. The molecule has 7 nitrogen and oxygen atoms in total. The van der Waals surface area contributed by atoms with Gasteiger partial charge in [-0.3, -0.25) is 14.5 Å². The predicted octanol–water partition coefficient (Wildman–Crippen LogP) is 1.36. The second kappa shape index (κ2) is 7.15. The molecular formula is C17H18N4O3S. The number of carbonyl (C=O) groups excluding carboxylic acids is 3. The Morgan fingerprint density at radius 3 is 2.76 bits per heavy atom. The molecule has 130 valence electrons. The van der Waals surface area contributed by atoms with Crippen LogP contribution >= 0.6 is 11.8 Å². The number of benzene rings is 1. The maximum Gasteiger partial charge on any atom is 0.325 e. The Labute approximate surface area is 150 Å². The number of rotatable bonds is 5. The van der Waals surface area contributed by atoms with Crippen LogP contribution in [0.1, 0.15) is 12.8 Å². The molecule has 2 heterocycles. The molecule has 25 heavy (non-hydrogen) atoms. The maximum atomic E-state index is 12.7. The Hall–Kier alpha value is -2.53. The van der Waals surface area contributed by atoms with Crippen molar-refractivity contribution in [3.63, 3.8) is 0 Å². The fraction of sp³-hybridized carbons (Fsp3) is 0.412. The highest BCUT2D eigenvalue weighted by atomic mass is 32.2. The molecule has 2 aliphatic heterocycles. The average Bonchev–Trinajstić information content (AvgIpc) is 3.17. The van der Waals surface area contributed by atoms with Gasteiger partial charge in [-0.05, 0) is 24.3 Å². The molecular weight excluding hydrogens is 340 g/mol. The molecule has 0 aromatic heterocycles. The Morgan fingerprint density at radius 2 is 2.12 bits per heavy atom. The molecule has 1 N–H and O–H groups in total. The third kappa shape index (κ3) is 3.33. The lowest BCUT2D eigenvalue weighted by atomic mass is 9.99. The molecule has 0 radical (unpaired) electrons. The molecule has 0 aliphatic carbocycles. The van der Waals surface area contributed by atoms with Crippen molar-refractivity contribution in [2.24, 2.45) is 0 Å². The van der Waals surface area contributed by atoms with E-state index in [9.17, 15) is 14.4 Å². The third-order valence-corrected chi connectivity index (χ3v) is 5.57. The number of nitriles is 1. The highest BCUT2D eigenvalue weighted by molar-refractivity contribution is 7.99. The van der Waals surface area contributed by atoms with Gasteiger partial charge in [0.1, 0.15) is 12.1 Å². The minimum absolute atomic E-state index is 0.168. The molecule has 1 unspecified atom stereocenters. The summed E-state index contributed by atoms with van der Waals surface area (Å²) in [6.45, 7) is -0.110. The lowest BCUT2D eigenvalue weighted by Crippen LogP contribution is -2.48. The molecule has 1 spiro atoms. The molecule has 2 aliphatic rings. The number of hydrogen-bond donors (Lipinski definition) is 1. The highest BCUT2D eigenvalue weighted by Crippen LogP contribution is 2.33. The molecule has 2 saturated heterocycles. The van der Waals surface area contributed by atoms with Crippen molar-refractivity contribution in [3.8, 4) is 6.07 Å². The van der Waals surface area contributed by atoms with Crippen LogP contribution in [0.5, 0.6) is 0 Å². The van der Waals surface area contributed by atoms with Crippen LogP contribution in [0.4, 0.5) is 10.5 Å². The van der Waals surface area contributed by atoms with Crippen molar-refractivity contribution in [1.82, 2.24) is 10.2 Å². The summed E-state index contributed by atoms with van der Waals surface area (Å²) in [4.78, 5) is 40.0. The summed E-state index contributed by atoms with van der Waals surface area (Å²) >= 11 is 1.62. The maximum absolute atomic E-state index is 12.7. The van der Waals surface area contributed by atoms with E-state index in [4.69, 9.17) is 5.26 Å². The first kappa shape index (κ1) is 17.3. The van der Waals surface area contributed by atoms with Crippen LogP contribution in [0.25, 0.3) is 0 Å². The minimum Gasteiger partial charge on any atom is -0.322 e. The van der Waals surface area contributed by atoms with Crippen molar-refractivity contribution in [1.29, 1.82) is 5.26 Å². The normalized spacial score (nSPS) is 22.1. The van der Waals surface area contributed by atoms with Crippen LogP contribution in [-0.4, -0.2) is 52.9 Å². The zero-order chi connectivity index (χ0) is 17.9. The van der Waals surface area contributed by atoms with E-state index in [2.05, 4.69) is 5.32 Å². The summed E-state index contributed by atoms with van der Waals surface area (Å²) in [7, 11) is 0. The Morgan fingerprint density at radius 1 is 1.36 bits per heavy atom. The van der Waals surface area contributed by atoms with Gasteiger partial charge in [0.15, 0.2) is 0 Å². The lowest BCUT2D eigenvalue weighted by Gasteiger charge is -2.24. The van der Waals surface area contributed by atoms with Crippen molar-refractivity contribution >= 4 is 35.3 Å². The number of nitrogens with one attached hydrogen (secondary N) is 1. The minimum atomic E-state index is -0.855. The molecule has 1 atom stereocenters. The smallest absolute Gasteiger partial charge is 0.322 e. The van der Waals surface area contributed by atoms with Gasteiger partial charge in [-0.15, -0.1) is 0 Å². The molecule has 1 aromatic carbocycles. The van der Waals surface area contributed by atoms with E-state index in [-0.39, 0.29) is 31.3 Å². The van der Waals surface area contributed by atoms with Gasteiger partial charge >= 0.3 is 6.03 Å². The number of nitrogens with zero attached hydrogens (tertiary/aromatic N) is 3. The number of imide groups is 1. The fourth-order valence-corrected chi connectivity index (χ4v) is 4.37. The zero-order valence-corrected chi connectivity index (χ0v) is 14.4. The standard InChI is InChI=1S/C17H18N4O3S/c18-8-4-9-20(13-5-2-1-3-6-13)14(22)11-21-15(23)17(19-16(21)24)7-10-25-12-17/h1-3,5-6H,4,7,9-12H2,(H,19,24). The number of hydrogen-bond acceptors (Lipinski definition) is 5. The molecule has 3 rings (SSSR count). The third-order valence-electron chi connectivity index (χ3n) is 4.38. The van der Waals surface area contributed by atoms with Crippen molar-refractivity contribution in [2.75, 3.05) is 29.5 Å². The van der Waals surface area contributed by atoms with Gasteiger partial charge in [-0.2, -0.15) is 17.0 Å². The number of para-hydroxylation sites is 1.